The van der Waals surface area contributed by atoms with Crippen molar-refractivity contribution in [2.75, 3.05) is 7.11 Å². The summed E-state index contributed by atoms with van der Waals surface area (Å²) in [6.45, 7) is 0.0965. The predicted octanol–water partition coefficient (Wildman–Crippen LogP) is 4.17. The molecule has 1 amide bonds. The largest absolute Gasteiger partial charge is 0.435 e. The molecular weight excluding hydrogens is 378 g/mol. The van der Waals surface area contributed by atoms with E-state index in [4.69, 9.17) is 4.74 Å². The number of hydrogen-bond acceptors (Lipinski definition) is 3. The summed E-state index contributed by atoms with van der Waals surface area (Å²) in [7, 11) is 1.63. The molecule has 152 valence electrons. The fourth-order valence-electron chi connectivity index (χ4n) is 3.52. The normalized spacial score (nSPS) is 20.2. The van der Waals surface area contributed by atoms with E-state index < -0.39 is 23.6 Å². The third kappa shape index (κ3) is 4.70. The standard InChI is InChI=1S/C19H21F4N3O2/c1-28-15-7-5-14(6-8-15)26(11-12-3-2-4-13(20)9-12)18(27)16-10-17(25-24-16)19(21,22)23/h2-4,9-10,14-15H,5-8,11H2,1H3,(H,24,25)/t14-,15-. The quantitative estimate of drug-likeness (QED) is 0.768. The molecule has 1 aliphatic carbocycles. The van der Waals surface area contributed by atoms with Gasteiger partial charge in [0.1, 0.15) is 11.5 Å². The van der Waals surface area contributed by atoms with Crippen LogP contribution in [-0.2, 0) is 17.5 Å². The molecular formula is C19H21F4N3O2. The van der Waals surface area contributed by atoms with Gasteiger partial charge in [0.25, 0.3) is 5.91 Å². The predicted molar refractivity (Wildman–Crippen MR) is 92.9 cm³/mol. The van der Waals surface area contributed by atoms with E-state index in [1.54, 1.807) is 13.2 Å². The minimum absolute atomic E-state index is 0.0965. The topological polar surface area (TPSA) is 58.2 Å². The molecule has 9 heteroatoms. The third-order valence-corrected chi connectivity index (χ3v) is 5.02. The second-order valence-corrected chi connectivity index (χ2v) is 6.89. The smallest absolute Gasteiger partial charge is 0.381 e. The van der Waals surface area contributed by atoms with Crippen LogP contribution in [0.15, 0.2) is 30.3 Å². The lowest BCUT2D eigenvalue weighted by molar-refractivity contribution is -0.141. The van der Waals surface area contributed by atoms with Crippen LogP contribution in [-0.4, -0.2) is 40.3 Å². The zero-order valence-electron chi connectivity index (χ0n) is 15.3. The molecule has 28 heavy (non-hydrogen) atoms. The first kappa shape index (κ1) is 20.3. The Morgan fingerprint density at radius 2 is 1.96 bits per heavy atom. The maximum absolute atomic E-state index is 13.6. The molecule has 2 aromatic rings. The van der Waals surface area contributed by atoms with Gasteiger partial charge < -0.3 is 9.64 Å². The van der Waals surface area contributed by atoms with Crippen LogP contribution in [0, 0.1) is 5.82 Å². The van der Waals surface area contributed by atoms with Crippen LogP contribution in [0.25, 0.3) is 0 Å². The zero-order valence-corrected chi connectivity index (χ0v) is 15.3. The van der Waals surface area contributed by atoms with Crippen molar-refractivity contribution in [3.05, 3.63) is 53.1 Å². The summed E-state index contributed by atoms with van der Waals surface area (Å²) in [6.07, 6.45) is -1.75. The second kappa shape index (κ2) is 8.30. The van der Waals surface area contributed by atoms with Crippen LogP contribution in [0.5, 0.6) is 0 Å². The van der Waals surface area contributed by atoms with Gasteiger partial charge in [0.15, 0.2) is 5.69 Å². The van der Waals surface area contributed by atoms with Gasteiger partial charge in [-0.25, -0.2) is 4.39 Å². The molecule has 1 saturated carbocycles. The first-order valence-corrected chi connectivity index (χ1v) is 8.98. The molecule has 1 heterocycles. The summed E-state index contributed by atoms with van der Waals surface area (Å²) in [6, 6.07) is 6.35. The number of aromatic nitrogens is 2. The highest BCUT2D eigenvalue weighted by Gasteiger charge is 2.36. The van der Waals surface area contributed by atoms with Crippen molar-refractivity contribution < 1.29 is 27.1 Å². The Kier molecular flexibility index (Phi) is 6.02. The average Bonchev–Trinajstić information content (AvgIpc) is 3.16. The van der Waals surface area contributed by atoms with E-state index in [2.05, 4.69) is 10.2 Å². The Balaban J connectivity index is 1.84. The molecule has 5 nitrogen and oxygen atoms in total. The van der Waals surface area contributed by atoms with Gasteiger partial charge in [0.05, 0.1) is 6.10 Å². The minimum atomic E-state index is -4.64. The SMILES string of the molecule is CO[C@H]1CC[C@H](N(Cc2cccc(F)c2)C(=O)c2cc(C(F)(F)F)n[nH]2)CC1. The number of hydrogen-bond donors (Lipinski definition) is 1. The summed E-state index contributed by atoms with van der Waals surface area (Å²) < 4.78 is 57.4. The minimum Gasteiger partial charge on any atom is -0.381 e. The Morgan fingerprint density at radius 3 is 2.54 bits per heavy atom. The number of methoxy groups -OCH3 is 1. The molecule has 1 aliphatic rings. The summed E-state index contributed by atoms with van der Waals surface area (Å²) >= 11 is 0. The Hall–Kier alpha value is -2.42. The molecule has 1 aromatic carbocycles. The van der Waals surface area contributed by atoms with Crippen LogP contribution in [0.1, 0.15) is 47.4 Å². The maximum atomic E-state index is 13.6. The highest BCUT2D eigenvalue weighted by atomic mass is 19.4. The monoisotopic (exact) mass is 399 g/mol. The Bertz CT molecular complexity index is 814. The number of alkyl halides is 3. The fourth-order valence-corrected chi connectivity index (χ4v) is 3.52. The van der Waals surface area contributed by atoms with Gasteiger partial charge in [-0.3, -0.25) is 9.89 Å². The number of benzene rings is 1. The molecule has 0 bridgehead atoms. The Labute approximate surface area is 159 Å². The molecule has 0 radical (unpaired) electrons. The van der Waals surface area contributed by atoms with Gasteiger partial charge in [-0.15, -0.1) is 0 Å². The number of carbonyl (C=O) groups is 1. The second-order valence-electron chi connectivity index (χ2n) is 6.89. The molecule has 0 atom stereocenters. The summed E-state index contributed by atoms with van der Waals surface area (Å²) in [5.74, 6) is -1.03. The first-order valence-electron chi connectivity index (χ1n) is 8.98. The van der Waals surface area contributed by atoms with Crippen LogP contribution in [0.4, 0.5) is 17.6 Å². The van der Waals surface area contributed by atoms with E-state index in [0.717, 1.165) is 12.8 Å². The van der Waals surface area contributed by atoms with E-state index >= 15 is 0 Å². The number of H-pyrrole nitrogens is 1. The van der Waals surface area contributed by atoms with E-state index in [9.17, 15) is 22.4 Å². The lowest BCUT2D eigenvalue weighted by Crippen LogP contribution is -2.43. The lowest BCUT2D eigenvalue weighted by atomic mass is 9.91. The summed E-state index contributed by atoms with van der Waals surface area (Å²) in [5.41, 5.74) is -0.819. The van der Waals surface area contributed by atoms with Gasteiger partial charge in [0, 0.05) is 25.8 Å². The third-order valence-electron chi connectivity index (χ3n) is 5.02. The van der Waals surface area contributed by atoms with Gasteiger partial charge >= 0.3 is 6.18 Å². The van der Waals surface area contributed by atoms with E-state index in [0.29, 0.717) is 24.5 Å². The Morgan fingerprint density at radius 1 is 1.25 bits per heavy atom. The molecule has 0 saturated heterocycles. The number of nitrogens with one attached hydrogen (secondary N) is 1. The van der Waals surface area contributed by atoms with Crippen LogP contribution in [0.3, 0.4) is 0 Å². The van der Waals surface area contributed by atoms with Crippen molar-refractivity contribution in [2.24, 2.45) is 0 Å². The lowest BCUT2D eigenvalue weighted by Gasteiger charge is -2.36. The first-order chi connectivity index (χ1) is 13.3. The molecule has 1 fully saturated rings. The molecule has 1 aromatic heterocycles. The number of amides is 1. The van der Waals surface area contributed by atoms with Crippen LogP contribution >= 0.6 is 0 Å². The van der Waals surface area contributed by atoms with Crippen molar-refractivity contribution in [3.63, 3.8) is 0 Å². The van der Waals surface area contributed by atoms with Crippen molar-refractivity contribution in [3.8, 4) is 0 Å². The van der Waals surface area contributed by atoms with E-state index in [1.165, 1.54) is 23.1 Å². The van der Waals surface area contributed by atoms with Gasteiger partial charge in [-0.1, -0.05) is 12.1 Å². The number of ether oxygens (including phenoxy) is 1. The number of carbonyl (C=O) groups excluding carboxylic acids is 1. The number of aromatic amines is 1. The zero-order chi connectivity index (χ0) is 20.3. The van der Waals surface area contributed by atoms with Crippen LogP contribution < -0.4 is 0 Å². The molecule has 0 unspecified atom stereocenters. The molecule has 1 N–H and O–H groups in total. The van der Waals surface area contributed by atoms with Gasteiger partial charge in [0.2, 0.25) is 0 Å². The fraction of sp³-hybridized carbons (Fsp3) is 0.474. The molecule has 3 rings (SSSR count). The molecule has 0 spiro atoms. The van der Waals surface area contributed by atoms with Crippen LogP contribution in [0.2, 0.25) is 0 Å². The van der Waals surface area contributed by atoms with Gasteiger partial charge in [-0.05, 0) is 43.4 Å². The van der Waals surface area contributed by atoms with Crippen molar-refractivity contribution in [2.45, 2.75) is 50.6 Å². The highest BCUT2D eigenvalue weighted by molar-refractivity contribution is 5.92. The van der Waals surface area contributed by atoms with E-state index in [-0.39, 0.29) is 24.4 Å². The summed E-state index contributed by atoms with van der Waals surface area (Å²) in [5, 5.41) is 5.39. The molecule has 0 aliphatic heterocycles. The van der Waals surface area contributed by atoms with Gasteiger partial charge in [-0.2, -0.15) is 18.3 Å². The van der Waals surface area contributed by atoms with E-state index in [1.807, 2.05) is 0 Å². The average molecular weight is 399 g/mol. The number of nitrogens with zero attached hydrogens (tertiary/aromatic N) is 2. The van der Waals surface area contributed by atoms with Crippen molar-refractivity contribution in [1.82, 2.24) is 15.1 Å². The van der Waals surface area contributed by atoms with Crippen molar-refractivity contribution >= 4 is 5.91 Å². The summed E-state index contributed by atoms with van der Waals surface area (Å²) in [4.78, 5) is 14.5. The highest BCUT2D eigenvalue weighted by Crippen LogP contribution is 2.30. The maximum Gasteiger partial charge on any atom is 0.435 e. The number of rotatable bonds is 5. The van der Waals surface area contributed by atoms with Crippen molar-refractivity contribution in [1.29, 1.82) is 0 Å². The number of halogens is 4.